The maximum Gasteiger partial charge on any atom is 0.178 e. The molecule has 3 rings (SSSR count). The van der Waals surface area contributed by atoms with Crippen molar-refractivity contribution in [1.82, 2.24) is 4.98 Å². The molecule has 5 heteroatoms. The van der Waals surface area contributed by atoms with Crippen molar-refractivity contribution in [2.24, 2.45) is 0 Å². The Balaban J connectivity index is 2.25. The van der Waals surface area contributed by atoms with Gasteiger partial charge < -0.3 is 4.74 Å². The van der Waals surface area contributed by atoms with Crippen molar-refractivity contribution in [2.75, 3.05) is 0 Å². The molecule has 0 saturated heterocycles. The normalized spacial score (nSPS) is 19.9. The summed E-state index contributed by atoms with van der Waals surface area (Å²) in [5, 5.41) is 0.342. The largest absolute Gasteiger partial charge is 0.369 e. The van der Waals surface area contributed by atoms with E-state index in [-0.39, 0.29) is 18.0 Å². The van der Waals surface area contributed by atoms with Crippen LogP contribution in [0.3, 0.4) is 0 Å². The van der Waals surface area contributed by atoms with Crippen molar-refractivity contribution < 1.29 is 13.9 Å². The van der Waals surface area contributed by atoms with Gasteiger partial charge in [0.15, 0.2) is 5.78 Å². The summed E-state index contributed by atoms with van der Waals surface area (Å²) in [5.41, 5.74) is 3.13. The smallest absolute Gasteiger partial charge is 0.178 e. The Morgan fingerprint density at radius 2 is 2.12 bits per heavy atom. The second kappa shape index (κ2) is 6.61. The van der Waals surface area contributed by atoms with Gasteiger partial charge >= 0.3 is 0 Å². The molecule has 1 aromatic carbocycles. The first-order chi connectivity index (χ1) is 11.4. The molecule has 0 N–H and O–H groups in total. The Morgan fingerprint density at radius 1 is 1.38 bits per heavy atom. The standard InChI is InChI=1S/C19H19ClFNO2/c1-4-13-8-16-15(14-6-5-12(20)7-17(14)21)9-18(10(2)23)22-19(16)11(3)24-13/h5-7,9,11,13H,4,8H2,1-3H3/t11-,13+/m1/s1. The Morgan fingerprint density at radius 3 is 2.75 bits per heavy atom. The number of hydrogen-bond donors (Lipinski definition) is 0. The highest BCUT2D eigenvalue weighted by molar-refractivity contribution is 6.30. The molecule has 0 saturated carbocycles. The third kappa shape index (κ3) is 3.08. The summed E-state index contributed by atoms with van der Waals surface area (Å²) >= 11 is 5.87. The van der Waals surface area contributed by atoms with E-state index >= 15 is 0 Å². The monoisotopic (exact) mass is 347 g/mol. The first-order valence-electron chi connectivity index (χ1n) is 8.06. The zero-order valence-corrected chi connectivity index (χ0v) is 14.7. The third-order valence-electron chi connectivity index (χ3n) is 4.41. The van der Waals surface area contributed by atoms with E-state index in [0.29, 0.717) is 28.3 Å². The average Bonchev–Trinajstić information content (AvgIpc) is 2.54. The fourth-order valence-electron chi connectivity index (χ4n) is 3.14. The van der Waals surface area contributed by atoms with Gasteiger partial charge in [-0.3, -0.25) is 4.79 Å². The van der Waals surface area contributed by atoms with Crippen molar-refractivity contribution in [3.05, 3.63) is 52.1 Å². The predicted octanol–water partition coefficient (Wildman–Crippen LogP) is 5.16. The van der Waals surface area contributed by atoms with E-state index in [1.54, 1.807) is 18.2 Å². The molecule has 0 aliphatic carbocycles. The SMILES string of the molecule is CC[C@H]1Cc2c(-c3ccc(Cl)cc3F)cc(C(C)=O)nc2[C@@H](C)O1. The van der Waals surface area contributed by atoms with Crippen LogP contribution >= 0.6 is 11.6 Å². The maximum absolute atomic E-state index is 14.5. The number of ether oxygens (including phenoxy) is 1. The summed E-state index contributed by atoms with van der Waals surface area (Å²) in [5.74, 6) is -0.559. The minimum atomic E-state index is -0.405. The molecule has 0 spiro atoms. The van der Waals surface area contributed by atoms with Gasteiger partial charge in [0.05, 0.1) is 17.9 Å². The summed E-state index contributed by atoms with van der Waals surface area (Å²) in [6, 6.07) is 6.27. The summed E-state index contributed by atoms with van der Waals surface area (Å²) in [6.45, 7) is 5.43. The van der Waals surface area contributed by atoms with Gasteiger partial charge in [-0.2, -0.15) is 0 Å². The number of benzene rings is 1. The molecule has 0 fully saturated rings. The number of nitrogens with zero attached hydrogens (tertiary/aromatic N) is 1. The number of hydrogen-bond acceptors (Lipinski definition) is 3. The average molecular weight is 348 g/mol. The van der Waals surface area contributed by atoms with Crippen LogP contribution in [-0.2, 0) is 11.2 Å². The van der Waals surface area contributed by atoms with Crippen LogP contribution in [0.4, 0.5) is 4.39 Å². The van der Waals surface area contributed by atoms with Gasteiger partial charge in [0.1, 0.15) is 11.5 Å². The highest BCUT2D eigenvalue weighted by atomic mass is 35.5. The molecule has 24 heavy (non-hydrogen) atoms. The minimum absolute atomic E-state index is 0.0617. The van der Waals surface area contributed by atoms with Crippen LogP contribution in [-0.4, -0.2) is 16.9 Å². The molecule has 2 atom stereocenters. The third-order valence-corrected chi connectivity index (χ3v) is 4.64. The van der Waals surface area contributed by atoms with Gasteiger partial charge in [-0.05, 0) is 48.7 Å². The zero-order chi connectivity index (χ0) is 17.4. The van der Waals surface area contributed by atoms with Crippen LogP contribution in [0.2, 0.25) is 5.02 Å². The van der Waals surface area contributed by atoms with Gasteiger partial charge in [0.2, 0.25) is 0 Å². The second-order valence-corrected chi connectivity index (χ2v) is 6.55. The first kappa shape index (κ1) is 17.1. The van der Waals surface area contributed by atoms with Crippen LogP contribution < -0.4 is 0 Å². The lowest BCUT2D eigenvalue weighted by Gasteiger charge is -2.31. The van der Waals surface area contributed by atoms with E-state index in [4.69, 9.17) is 16.3 Å². The lowest BCUT2D eigenvalue weighted by Crippen LogP contribution is -2.26. The van der Waals surface area contributed by atoms with Crippen molar-refractivity contribution in [1.29, 1.82) is 0 Å². The Bertz CT molecular complexity index is 806. The molecule has 0 radical (unpaired) electrons. The lowest BCUT2D eigenvalue weighted by molar-refractivity contribution is -0.0196. The van der Waals surface area contributed by atoms with Gasteiger partial charge in [0, 0.05) is 23.9 Å². The van der Waals surface area contributed by atoms with E-state index in [9.17, 15) is 9.18 Å². The van der Waals surface area contributed by atoms with Crippen LogP contribution in [0.25, 0.3) is 11.1 Å². The summed E-state index contributed by atoms with van der Waals surface area (Å²) in [4.78, 5) is 16.3. The number of carbonyl (C=O) groups excluding carboxylic acids is 1. The molecule has 2 aromatic rings. The number of carbonyl (C=O) groups is 1. The van der Waals surface area contributed by atoms with Crippen molar-refractivity contribution in [2.45, 2.75) is 45.8 Å². The number of Topliss-reactive ketones (excluding diaryl/α,β-unsaturated/α-hetero) is 1. The predicted molar refractivity (Wildman–Crippen MR) is 91.9 cm³/mol. The van der Waals surface area contributed by atoms with Crippen molar-refractivity contribution in [3.8, 4) is 11.1 Å². The molecule has 0 amide bonds. The van der Waals surface area contributed by atoms with Gasteiger partial charge in [0.25, 0.3) is 0 Å². The topological polar surface area (TPSA) is 39.2 Å². The van der Waals surface area contributed by atoms with Crippen molar-refractivity contribution >= 4 is 17.4 Å². The molecule has 1 aliphatic heterocycles. The fraction of sp³-hybridized carbons (Fsp3) is 0.368. The minimum Gasteiger partial charge on any atom is -0.369 e. The van der Waals surface area contributed by atoms with Crippen LogP contribution in [0, 0.1) is 5.82 Å². The summed E-state index contributed by atoms with van der Waals surface area (Å²) in [6.07, 6.45) is 1.35. The number of ketones is 1. The molecule has 126 valence electrons. The Labute approximate surface area is 145 Å². The first-order valence-corrected chi connectivity index (χ1v) is 8.44. The van der Waals surface area contributed by atoms with E-state index in [1.807, 2.05) is 6.92 Å². The van der Waals surface area contributed by atoms with Crippen LogP contribution in [0.5, 0.6) is 0 Å². The lowest BCUT2D eigenvalue weighted by atomic mass is 9.89. The summed E-state index contributed by atoms with van der Waals surface area (Å²) in [7, 11) is 0. The molecule has 2 heterocycles. The number of halogens is 2. The van der Waals surface area contributed by atoms with E-state index in [2.05, 4.69) is 11.9 Å². The summed E-state index contributed by atoms with van der Waals surface area (Å²) < 4.78 is 20.4. The van der Waals surface area contributed by atoms with Gasteiger partial charge in [-0.1, -0.05) is 18.5 Å². The molecule has 0 bridgehead atoms. The molecular formula is C19H19ClFNO2. The highest BCUT2D eigenvalue weighted by Gasteiger charge is 2.29. The number of fused-ring (bicyclic) bond motifs is 1. The van der Waals surface area contributed by atoms with Crippen LogP contribution in [0.1, 0.15) is 55.0 Å². The highest BCUT2D eigenvalue weighted by Crippen LogP contribution is 2.38. The molecule has 1 aromatic heterocycles. The molecule has 3 nitrogen and oxygen atoms in total. The van der Waals surface area contributed by atoms with Crippen LogP contribution in [0.15, 0.2) is 24.3 Å². The molecule has 0 unspecified atom stereocenters. The molecular weight excluding hydrogens is 329 g/mol. The van der Waals surface area contributed by atoms with Crippen molar-refractivity contribution in [3.63, 3.8) is 0 Å². The number of rotatable bonds is 3. The molecule has 1 aliphatic rings. The quantitative estimate of drug-likeness (QED) is 0.720. The van der Waals surface area contributed by atoms with Gasteiger partial charge in [-0.25, -0.2) is 9.37 Å². The number of pyridine rings is 1. The fourth-order valence-corrected chi connectivity index (χ4v) is 3.30. The number of aromatic nitrogens is 1. The van der Waals surface area contributed by atoms with E-state index in [0.717, 1.165) is 17.7 Å². The van der Waals surface area contributed by atoms with Gasteiger partial charge in [-0.15, -0.1) is 0 Å². The zero-order valence-electron chi connectivity index (χ0n) is 13.9. The maximum atomic E-state index is 14.5. The Kier molecular flexibility index (Phi) is 4.70. The van der Waals surface area contributed by atoms with E-state index in [1.165, 1.54) is 13.0 Å². The second-order valence-electron chi connectivity index (χ2n) is 6.11. The van der Waals surface area contributed by atoms with E-state index < -0.39 is 5.82 Å². The Hall–Kier alpha value is -1.78.